The molecule has 6 heteroatoms. The standard InChI is InChI=1S/C7H13N3O3/c1-7(11,3-4-8)5-6(12-2)10-13-9-5/h11H,3-4,8H2,1-2H3. The number of aliphatic hydroxyl groups is 1. The molecule has 1 rings (SSSR count). The summed E-state index contributed by atoms with van der Waals surface area (Å²) in [6.45, 7) is 1.94. The van der Waals surface area contributed by atoms with Gasteiger partial charge in [0.1, 0.15) is 5.60 Å². The van der Waals surface area contributed by atoms with E-state index in [-0.39, 0.29) is 11.6 Å². The number of hydrogen-bond acceptors (Lipinski definition) is 6. The van der Waals surface area contributed by atoms with E-state index in [2.05, 4.69) is 14.9 Å². The highest BCUT2D eigenvalue weighted by Crippen LogP contribution is 2.28. The molecule has 74 valence electrons. The van der Waals surface area contributed by atoms with Crippen LogP contribution in [-0.4, -0.2) is 29.1 Å². The third kappa shape index (κ3) is 1.96. The van der Waals surface area contributed by atoms with Crippen molar-refractivity contribution < 1.29 is 14.5 Å². The molecule has 1 unspecified atom stereocenters. The van der Waals surface area contributed by atoms with E-state index in [1.54, 1.807) is 6.92 Å². The van der Waals surface area contributed by atoms with Crippen molar-refractivity contribution in [3.8, 4) is 5.88 Å². The van der Waals surface area contributed by atoms with Crippen LogP contribution in [0.4, 0.5) is 0 Å². The molecular formula is C7H13N3O3. The van der Waals surface area contributed by atoms with Crippen molar-refractivity contribution in [2.45, 2.75) is 18.9 Å². The minimum atomic E-state index is -1.15. The maximum absolute atomic E-state index is 9.86. The van der Waals surface area contributed by atoms with E-state index in [0.717, 1.165) is 0 Å². The van der Waals surface area contributed by atoms with Gasteiger partial charge >= 0.3 is 0 Å². The van der Waals surface area contributed by atoms with Crippen molar-refractivity contribution in [2.75, 3.05) is 13.7 Å². The molecule has 0 bridgehead atoms. The summed E-state index contributed by atoms with van der Waals surface area (Å²) in [6.07, 6.45) is 0.373. The van der Waals surface area contributed by atoms with Gasteiger partial charge in [-0.05, 0) is 30.2 Å². The molecule has 1 aromatic rings. The average molecular weight is 187 g/mol. The van der Waals surface area contributed by atoms with Crippen molar-refractivity contribution in [3.05, 3.63) is 5.69 Å². The minimum Gasteiger partial charge on any atom is -0.477 e. The average Bonchev–Trinajstić information content (AvgIpc) is 2.51. The van der Waals surface area contributed by atoms with Crippen LogP contribution in [0.3, 0.4) is 0 Å². The lowest BCUT2D eigenvalue weighted by atomic mass is 9.99. The maximum atomic E-state index is 9.86. The Balaban J connectivity index is 2.91. The summed E-state index contributed by atoms with van der Waals surface area (Å²) in [5, 5.41) is 16.9. The van der Waals surface area contributed by atoms with Crippen molar-refractivity contribution >= 4 is 0 Å². The van der Waals surface area contributed by atoms with Crippen LogP contribution in [0.25, 0.3) is 0 Å². The second kappa shape index (κ2) is 3.71. The van der Waals surface area contributed by atoms with Gasteiger partial charge in [0.05, 0.1) is 7.11 Å². The minimum absolute atomic E-state index is 0.193. The first-order valence-corrected chi connectivity index (χ1v) is 3.91. The predicted molar refractivity (Wildman–Crippen MR) is 44.1 cm³/mol. The van der Waals surface area contributed by atoms with Gasteiger partial charge in [-0.25, -0.2) is 4.63 Å². The number of rotatable bonds is 4. The molecular weight excluding hydrogens is 174 g/mol. The topological polar surface area (TPSA) is 94.4 Å². The second-order valence-electron chi connectivity index (χ2n) is 2.93. The molecule has 0 amide bonds. The van der Waals surface area contributed by atoms with E-state index in [1.165, 1.54) is 7.11 Å². The molecule has 0 fully saturated rings. The van der Waals surface area contributed by atoms with Crippen LogP contribution in [0.5, 0.6) is 5.88 Å². The van der Waals surface area contributed by atoms with Crippen molar-refractivity contribution in [1.29, 1.82) is 0 Å². The second-order valence-corrected chi connectivity index (χ2v) is 2.93. The first-order chi connectivity index (χ1) is 6.11. The number of nitrogens with zero attached hydrogens (tertiary/aromatic N) is 2. The third-order valence-electron chi connectivity index (χ3n) is 1.79. The lowest BCUT2D eigenvalue weighted by Crippen LogP contribution is -2.26. The summed E-state index contributed by atoms with van der Waals surface area (Å²) < 4.78 is 9.29. The number of ether oxygens (including phenoxy) is 1. The quantitative estimate of drug-likeness (QED) is 0.668. The van der Waals surface area contributed by atoms with Crippen molar-refractivity contribution in [2.24, 2.45) is 5.73 Å². The Morgan fingerprint density at radius 1 is 1.62 bits per heavy atom. The SMILES string of the molecule is COc1nonc1C(C)(O)CCN. The molecule has 0 aromatic carbocycles. The third-order valence-corrected chi connectivity index (χ3v) is 1.79. The first-order valence-electron chi connectivity index (χ1n) is 3.91. The summed E-state index contributed by atoms with van der Waals surface area (Å²) in [6, 6.07) is 0. The van der Waals surface area contributed by atoms with Crippen LogP contribution in [-0.2, 0) is 5.60 Å². The molecule has 0 spiro atoms. The Hall–Kier alpha value is -1.14. The van der Waals surface area contributed by atoms with Gasteiger partial charge in [0.25, 0.3) is 5.88 Å². The van der Waals surface area contributed by atoms with Gasteiger partial charge in [0.15, 0.2) is 5.69 Å². The Morgan fingerprint density at radius 3 is 2.85 bits per heavy atom. The fourth-order valence-corrected chi connectivity index (χ4v) is 1.04. The zero-order valence-corrected chi connectivity index (χ0v) is 7.65. The highest BCUT2D eigenvalue weighted by Gasteiger charge is 2.31. The zero-order valence-electron chi connectivity index (χ0n) is 7.65. The number of hydrogen-bond donors (Lipinski definition) is 2. The van der Waals surface area contributed by atoms with Gasteiger partial charge in [0.2, 0.25) is 0 Å². The number of aromatic nitrogens is 2. The van der Waals surface area contributed by atoms with E-state index < -0.39 is 5.60 Å². The molecule has 0 radical (unpaired) electrons. The molecule has 1 aromatic heterocycles. The largest absolute Gasteiger partial charge is 0.477 e. The lowest BCUT2D eigenvalue weighted by Gasteiger charge is -2.18. The summed E-state index contributed by atoms with van der Waals surface area (Å²) in [4.78, 5) is 0. The Kier molecular flexibility index (Phi) is 2.84. The molecule has 1 heterocycles. The molecule has 0 aliphatic heterocycles. The van der Waals surface area contributed by atoms with Gasteiger partial charge in [-0.2, -0.15) is 0 Å². The van der Waals surface area contributed by atoms with Crippen molar-refractivity contribution in [1.82, 2.24) is 10.3 Å². The highest BCUT2D eigenvalue weighted by molar-refractivity contribution is 5.21. The van der Waals surface area contributed by atoms with E-state index >= 15 is 0 Å². The fraction of sp³-hybridized carbons (Fsp3) is 0.714. The van der Waals surface area contributed by atoms with Crippen LogP contribution >= 0.6 is 0 Å². The molecule has 0 saturated heterocycles. The summed E-state index contributed by atoms with van der Waals surface area (Å²) in [5.41, 5.74) is 4.46. The number of methoxy groups -OCH3 is 1. The monoisotopic (exact) mass is 187 g/mol. The van der Waals surface area contributed by atoms with Crippen LogP contribution < -0.4 is 10.5 Å². The molecule has 0 aliphatic rings. The Morgan fingerprint density at radius 2 is 2.31 bits per heavy atom. The maximum Gasteiger partial charge on any atom is 0.281 e. The predicted octanol–water partition coefficient (Wildman–Crippen LogP) is -0.366. The molecule has 3 N–H and O–H groups in total. The smallest absolute Gasteiger partial charge is 0.281 e. The van der Waals surface area contributed by atoms with Gasteiger partial charge < -0.3 is 15.6 Å². The Labute approximate surface area is 75.6 Å². The summed E-state index contributed by atoms with van der Waals surface area (Å²) in [5.74, 6) is 0.193. The van der Waals surface area contributed by atoms with E-state index in [4.69, 9.17) is 10.5 Å². The van der Waals surface area contributed by atoms with Gasteiger partial charge in [-0.1, -0.05) is 0 Å². The lowest BCUT2D eigenvalue weighted by molar-refractivity contribution is 0.0404. The molecule has 13 heavy (non-hydrogen) atoms. The van der Waals surface area contributed by atoms with Crippen LogP contribution in [0.1, 0.15) is 19.0 Å². The fourth-order valence-electron chi connectivity index (χ4n) is 1.04. The number of nitrogens with two attached hydrogens (primary N) is 1. The highest BCUT2D eigenvalue weighted by atomic mass is 16.6. The molecule has 1 atom stereocenters. The summed E-state index contributed by atoms with van der Waals surface area (Å²) >= 11 is 0. The van der Waals surface area contributed by atoms with E-state index in [1.807, 2.05) is 0 Å². The molecule has 0 saturated carbocycles. The van der Waals surface area contributed by atoms with Crippen molar-refractivity contribution in [3.63, 3.8) is 0 Å². The van der Waals surface area contributed by atoms with Gasteiger partial charge in [-0.3, -0.25) is 0 Å². The van der Waals surface area contributed by atoms with Crippen LogP contribution in [0, 0.1) is 0 Å². The van der Waals surface area contributed by atoms with Gasteiger partial charge in [0, 0.05) is 0 Å². The summed E-state index contributed by atoms with van der Waals surface area (Å²) in [7, 11) is 1.43. The zero-order chi connectivity index (χ0) is 9.90. The normalized spacial score (nSPS) is 15.4. The van der Waals surface area contributed by atoms with E-state index in [0.29, 0.717) is 13.0 Å². The van der Waals surface area contributed by atoms with Crippen LogP contribution in [0.15, 0.2) is 4.63 Å². The molecule has 6 nitrogen and oxygen atoms in total. The molecule has 0 aliphatic carbocycles. The van der Waals surface area contributed by atoms with Gasteiger partial charge in [-0.15, -0.1) is 0 Å². The van der Waals surface area contributed by atoms with Crippen LogP contribution in [0.2, 0.25) is 0 Å². The Bertz CT molecular complexity index is 272. The first kappa shape index (κ1) is 9.94. The van der Waals surface area contributed by atoms with E-state index in [9.17, 15) is 5.11 Å².